The van der Waals surface area contributed by atoms with E-state index in [1.807, 2.05) is 6.92 Å². The molecular weight excluding hydrogens is 299 g/mol. The lowest BCUT2D eigenvalue weighted by molar-refractivity contribution is 0.102. The number of nitrogens with zero attached hydrogens (tertiary/aromatic N) is 4. The largest absolute Gasteiger partial charge is 0.304 e. The van der Waals surface area contributed by atoms with Crippen LogP contribution in [-0.2, 0) is 0 Å². The van der Waals surface area contributed by atoms with Gasteiger partial charge < -0.3 is 5.32 Å². The molecule has 114 valence electrons. The molecular formula is C15H11FN6O. The van der Waals surface area contributed by atoms with E-state index in [0.29, 0.717) is 22.1 Å². The molecule has 4 rings (SSSR count). The molecule has 3 heterocycles. The number of halogens is 1. The summed E-state index contributed by atoms with van der Waals surface area (Å²) >= 11 is 0. The average Bonchev–Trinajstić information content (AvgIpc) is 3.11. The number of fused-ring (bicyclic) bond motifs is 2. The summed E-state index contributed by atoms with van der Waals surface area (Å²) in [6.45, 7) is 1.83. The smallest absolute Gasteiger partial charge is 0.262 e. The van der Waals surface area contributed by atoms with Crippen LogP contribution in [0.4, 0.5) is 10.2 Å². The summed E-state index contributed by atoms with van der Waals surface area (Å²) in [4.78, 5) is 16.8. The Kier molecular flexibility index (Phi) is 2.83. The van der Waals surface area contributed by atoms with Gasteiger partial charge in [-0.25, -0.2) is 13.9 Å². The van der Waals surface area contributed by atoms with Crippen molar-refractivity contribution in [2.24, 2.45) is 0 Å². The molecule has 0 unspecified atom stereocenters. The van der Waals surface area contributed by atoms with E-state index >= 15 is 0 Å². The third kappa shape index (κ3) is 2.20. The second kappa shape index (κ2) is 4.87. The van der Waals surface area contributed by atoms with Crippen LogP contribution < -0.4 is 5.32 Å². The first-order chi connectivity index (χ1) is 11.1. The highest BCUT2D eigenvalue weighted by atomic mass is 19.1. The van der Waals surface area contributed by atoms with Crippen molar-refractivity contribution in [1.82, 2.24) is 24.8 Å². The lowest BCUT2D eigenvalue weighted by Crippen LogP contribution is -2.12. The van der Waals surface area contributed by atoms with E-state index in [0.717, 1.165) is 5.69 Å². The van der Waals surface area contributed by atoms with Gasteiger partial charge in [0.25, 0.3) is 5.91 Å². The number of hydrogen-bond donors (Lipinski definition) is 2. The highest BCUT2D eigenvalue weighted by molar-refractivity contribution is 6.10. The molecule has 2 N–H and O–H groups in total. The molecule has 0 saturated heterocycles. The second-order valence-corrected chi connectivity index (χ2v) is 5.11. The molecule has 0 saturated carbocycles. The minimum Gasteiger partial charge on any atom is -0.304 e. The maximum absolute atomic E-state index is 13.4. The predicted molar refractivity (Wildman–Crippen MR) is 81.7 cm³/mol. The van der Waals surface area contributed by atoms with Gasteiger partial charge in [-0.3, -0.25) is 9.89 Å². The summed E-state index contributed by atoms with van der Waals surface area (Å²) in [5, 5.41) is 14.0. The van der Waals surface area contributed by atoms with E-state index in [2.05, 4.69) is 25.6 Å². The molecule has 7 nitrogen and oxygen atoms in total. The summed E-state index contributed by atoms with van der Waals surface area (Å²) in [6.07, 6.45) is 3.17. The van der Waals surface area contributed by atoms with Crippen molar-refractivity contribution < 1.29 is 9.18 Å². The first-order valence-corrected chi connectivity index (χ1v) is 6.88. The van der Waals surface area contributed by atoms with Gasteiger partial charge in [-0.05, 0) is 31.2 Å². The number of amides is 1. The number of nitrogens with one attached hydrogen (secondary N) is 2. The molecule has 0 atom stereocenters. The number of aromatic amines is 1. The summed E-state index contributed by atoms with van der Waals surface area (Å²) in [5.41, 5.74) is 2.18. The van der Waals surface area contributed by atoms with E-state index < -0.39 is 11.7 Å². The van der Waals surface area contributed by atoms with Gasteiger partial charge in [-0.15, -0.1) is 0 Å². The zero-order chi connectivity index (χ0) is 16.0. The molecule has 3 aromatic heterocycles. The zero-order valence-electron chi connectivity index (χ0n) is 12.0. The van der Waals surface area contributed by atoms with Crippen LogP contribution in [0, 0.1) is 12.7 Å². The molecule has 8 heteroatoms. The third-order valence-corrected chi connectivity index (χ3v) is 3.51. The van der Waals surface area contributed by atoms with Crippen molar-refractivity contribution in [2.45, 2.75) is 6.92 Å². The Morgan fingerprint density at radius 1 is 1.35 bits per heavy atom. The summed E-state index contributed by atoms with van der Waals surface area (Å²) in [6, 6.07) is 6.00. The maximum atomic E-state index is 13.4. The normalized spacial score (nSPS) is 11.2. The van der Waals surface area contributed by atoms with Gasteiger partial charge >= 0.3 is 0 Å². The SMILES string of the molecule is Cc1ccn2ncc(C(=O)Nc3n[nH]c4ccc(F)cc34)c2n1. The fraction of sp³-hybridized carbons (Fsp3) is 0.0667. The summed E-state index contributed by atoms with van der Waals surface area (Å²) < 4.78 is 14.9. The Morgan fingerprint density at radius 3 is 3.09 bits per heavy atom. The first-order valence-electron chi connectivity index (χ1n) is 6.88. The van der Waals surface area contributed by atoms with Gasteiger partial charge in [0, 0.05) is 17.3 Å². The summed E-state index contributed by atoms with van der Waals surface area (Å²) in [5.74, 6) is -0.546. The minimum absolute atomic E-state index is 0.261. The zero-order valence-corrected chi connectivity index (χ0v) is 12.0. The number of carbonyl (C=O) groups excluding carboxylic acids is 1. The fourth-order valence-electron chi connectivity index (χ4n) is 2.38. The molecule has 4 aromatic rings. The van der Waals surface area contributed by atoms with Crippen LogP contribution in [-0.4, -0.2) is 30.7 Å². The number of rotatable bonds is 2. The Bertz CT molecular complexity index is 1050. The molecule has 0 bridgehead atoms. The van der Waals surface area contributed by atoms with E-state index in [-0.39, 0.29) is 5.82 Å². The van der Waals surface area contributed by atoms with Gasteiger partial charge in [0.2, 0.25) is 0 Å². The molecule has 1 amide bonds. The van der Waals surface area contributed by atoms with Crippen molar-refractivity contribution in [2.75, 3.05) is 5.32 Å². The second-order valence-electron chi connectivity index (χ2n) is 5.11. The monoisotopic (exact) mass is 310 g/mol. The van der Waals surface area contributed by atoms with Crippen molar-refractivity contribution in [3.05, 3.63) is 53.7 Å². The van der Waals surface area contributed by atoms with Crippen LogP contribution in [0.2, 0.25) is 0 Å². The Hall–Kier alpha value is -3.29. The number of hydrogen-bond acceptors (Lipinski definition) is 4. The lowest BCUT2D eigenvalue weighted by Gasteiger charge is -2.01. The van der Waals surface area contributed by atoms with Crippen molar-refractivity contribution in [3.63, 3.8) is 0 Å². The van der Waals surface area contributed by atoms with Crippen LogP contribution in [0.3, 0.4) is 0 Å². The Labute approximate surface area is 129 Å². The van der Waals surface area contributed by atoms with Gasteiger partial charge in [0.1, 0.15) is 11.4 Å². The standard InChI is InChI=1S/C15H11FN6O/c1-8-4-5-22-14(18-8)11(7-17-22)15(23)19-13-10-6-9(16)2-3-12(10)20-21-13/h2-7H,1H3,(H2,19,20,21,23). The van der Waals surface area contributed by atoms with Gasteiger partial charge in [-0.2, -0.15) is 10.2 Å². The molecule has 1 aromatic carbocycles. The quantitative estimate of drug-likeness (QED) is 0.594. The van der Waals surface area contributed by atoms with Crippen LogP contribution in [0.25, 0.3) is 16.6 Å². The van der Waals surface area contributed by atoms with Crippen molar-refractivity contribution >= 4 is 28.3 Å². The number of carbonyl (C=O) groups is 1. The molecule has 0 aliphatic heterocycles. The lowest BCUT2D eigenvalue weighted by atomic mass is 10.2. The van der Waals surface area contributed by atoms with E-state index in [4.69, 9.17) is 0 Å². The van der Waals surface area contributed by atoms with Gasteiger partial charge in [-0.1, -0.05) is 0 Å². The molecule has 0 aliphatic rings. The van der Waals surface area contributed by atoms with Gasteiger partial charge in [0.15, 0.2) is 11.5 Å². The van der Waals surface area contributed by atoms with Crippen molar-refractivity contribution in [3.8, 4) is 0 Å². The number of anilines is 1. The maximum Gasteiger partial charge on any atom is 0.262 e. The molecule has 23 heavy (non-hydrogen) atoms. The summed E-state index contributed by atoms with van der Waals surface area (Å²) in [7, 11) is 0. The minimum atomic E-state index is -0.407. The number of H-pyrrole nitrogens is 1. The van der Waals surface area contributed by atoms with E-state index in [1.165, 1.54) is 22.8 Å². The molecule has 0 spiro atoms. The van der Waals surface area contributed by atoms with Gasteiger partial charge in [0.05, 0.1) is 11.7 Å². The highest BCUT2D eigenvalue weighted by Gasteiger charge is 2.17. The van der Waals surface area contributed by atoms with Crippen LogP contribution in [0.1, 0.15) is 16.1 Å². The number of benzene rings is 1. The van der Waals surface area contributed by atoms with Crippen LogP contribution in [0.15, 0.2) is 36.7 Å². The highest BCUT2D eigenvalue weighted by Crippen LogP contribution is 2.22. The Balaban J connectivity index is 1.73. The fourth-order valence-corrected chi connectivity index (χ4v) is 2.38. The van der Waals surface area contributed by atoms with Crippen LogP contribution >= 0.6 is 0 Å². The third-order valence-electron chi connectivity index (χ3n) is 3.51. The number of aryl methyl sites for hydroxylation is 1. The average molecular weight is 310 g/mol. The molecule has 0 aliphatic carbocycles. The predicted octanol–water partition coefficient (Wildman–Crippen LogP) is 2.31. The molecule has 0 radical (unpaired) electrons. The van der Waals surface area contributed by atoms with Crippen molar-refractivity contribution in [1.29, 1.82) is 0 Å². The first kappa shape index (κ1) is 13.4. The molecule has 0 fully saturated rings. The topological polar surface area (TPSA) is 88.0 Å². The number of aromatic nitrogens is 5. The van der Waals surface area contributed by atoms with E-state index in [1.54, 1.807) is 18.3 Å². The Morgan fingerprint density at radius 2 is 2.22 bits per heavy atom. The van der Waals surface area contributed by atoms with Crippen LogP contribution in [0.5, 0.6) is 0 Å². The van der Waals surface area contributed by atoms with E-state index in [9.17, 15) is 9.18 Å².